The monoisotopic (exact) mass is 314 g/mol. The van der Waals surface area contributed by atoms with Gasteiger partial charge in [-0.2, -0.15) is 18.4 Å². The van der Waals surface area contributed by atoms with Gasteiger partial charge in [-0.15, -0.1) is 10.2 Å². The second-order valence-corrected chi connectivity index (χ2v) is 4.51. The second kappa shape index (κ2) is 6.50. The fourth-order valence-electron chi connectivity index (χ4n) is 1.81. The van der Waals surface area contributed by atoms with Crippen molar-refractivity contribution in [3.63, 3.8) is 0 Å². The zero-order chi connectivity index (χ0) is 16.2. The van der Waals surface area contributed by atoms with Gasteiger partial charge in [0, 0.05) is 6.20 Å². The number of carbonyl (C=O) groups is 1. The van der Waals surface area contributed by atoms with Crippen LogP contribution in [0, 0.1) is 0 Å². The van der Waals surface area contributed by atoms with E-state index in [1.807, 2.05) is 6.92 Å². The Morgan fingerprint density at radius 2 is 2.18 bits per heavy atom. The fraction of sp³-hybridized carbons (Fsp3) is 0.417. The molecule has 2 aromatic heterocycles. The minimum absolute atomic E-state index is 0.0256. The molecule has 0 bridgehead atoms. The summed E-state index contributed by atoms with van der Waals surface area (Å²) in [7, 11) is 0. The first kappa shape index (κ1) is 15.9. The highest BCUT2D eigenvalue weighted by Crippen LogP contribution is 2.27. The number of nitrogens with one attached hydrogen (secondary N) is 2. The number of hydrogen-bond donors (Lipinski definition) is 2. The minimum Gasteiger partial charge on any atom is -0.342 e. The van der Waals surface area contributed by atoms with Crippen LogP contribution in [0.5, 0.6) is 0 Å². The molecule has 2 N–H and O–H groups in total. The van der Waals surface area contributed by atoms with E-state index in [0.29, 0.717) is 12.2 Å². The summed E-state index contributed by atoms with van der Waals surface area (Å²) in [5, 5.41) is 16.0. The molecule has 0 aromatic carbocycles. The molecule has 1 atom stereocenters. The summed E-state index contributed by atoms with van der Waals surface area (Å²) in [6, 6.07) is 1.36. The number of amides is 1. The molecule has 0 fully saturated rings. The van der Waals surface area contributed by atoms with Crippen LogP contribution in [0.4, 0.5) is 13.2 Å². The summed E-state index contributed by atoms with van der Waals surface area (Å²) >= 11 is 0. The zero-order valence-corrected chi connectivity index (χ0v) is 11.6. The second-order valence-electron chi connectivity index (χ2n) is 4.51. The van der Waals surface area contributed by atoms with Gasteiger partial charge in [-0.05, 0) is 18.6 Å². The predicted molar refractivity (Wildman–Crippen MR) is 68.5 cm³/mol. The van der Waals surface area contributed by atoms with E-state index < -0.39 is 23.8 Å². The molecule has 2 heterocycles. The summed E-state index contributed by atoms with van der Waals surface area (Å²) in [4.78, 5) is 15.3. The lowest BCUT2D eigenvalue weighted by molar-refractivity contribution is -0.141. The number of hydrogen-bond acceptors (Lipinski definition) is 5. The molecule has 1 unspecified atom stereocenters. The average molecular weight is 314 g/mol. The van der Waals surface area contributed by atoms with Crippen LogP contribution < -0.4 is 5.32 Å². The van der Waals surface area contributed by atoms with Gasteiger partial charge in [0.2, 0.25) is 0 Å². The molecule has 7 nitrogen and oxygen atoms in total. The smallest absolute Gasteiger partial charge is 0.342 e. The molecule has 1 amide bonds. The van der Waals surface area contributed by atoms with E-state index in [-0.39, 0.29) is 5.56 Å². The Morgan fingerprint density at radius 3 is 2.68 bits per heavy atom. The van der Waals surface area contributed by atoms with Crippen LogP contribution in [0.2, 0.25) is 0 Å². The summed E-state index contributed by atoms with van der Waals surface area (Å²) in [6.45, 7) is 1.92. The van der Waals surface area contributed by atoms with E-state index in [0.717, 1.165) is 24.8 Å². The van der Waals surface area contributed by atoms with Gasteiger partial charge < -0.3 is 5.32 Å². The molecule has 0 aliphatic rings. The summed E-state index contributed by atoms with van der Waals surface area (Å²) in [5.74, 6) is -0.237. The summed E-state index contributed by atoms with van der Waals surface area (Å²) in [5.41, 5.74) is -1.02. The van der Waals surface area contributed by atoms with Crippen LogP contribution in [0.25, 0.3) is 0 Å². The number of H-pyrrole nitrogens is 1. The van der Waals surface area contributed by atoms with E-state index in [1.165, 1.54) is 0 Å². The van der Waals surface area contributed by atoms with Gasteiger partial charge in [0.15, 0.2) is 5.82 Å². The number of carbonyl (C=O) groups excluding carboxylic acids is 1. The van der Waals surface area contributed by atoms with E-state index in [2.05, 4.69) is 30.9 Å². The number of pyridine rings is 1. The van der Waals surface area contributed by atoms with Gasteiger partial charge in [0.05, 0.1) is 11.6 Å². The van der Waals surface area contributed by atoms with Crippen LogP contribution >= 0.6 is 0 Å². The lowest BCUT2D eigenvalue weighted by Gasteiger charge is -2.14. The first-order valence-corrected chi connectivity index (χ1v) is 6.49. The van der Waals surface area contributed by atoms with Crippen LogP contribution in [-0.2, 0) is 6.18 Å². The van der Waals surface area contributed by atoms with Gasteiger partial charge in [0.1, 0.15) is 5.69 Å². The SMILES string of the molecule is CCCC(NC(=O)c1ccc(C(F)(F)F)nc1)c1nn[nH]n1. The Labute approximate surface area is 123 Å². The molecule has 0 aliphatic heterocycles. The highest BCUT2D eigenvalue weighted by Gasteiger charge is 2.32. The Balaban J connectivity index is 2.10. The number of alkyl halides is 3. The Kier molecular flexibility index (Phi) is 4.68. The third kappa shape index (κ3) is 3.77. The van der Waals surface area contributed by atoms with Gasteiger partial charge in [-0.3, -0.25) is 9.78 Å². The number of tetrazole rings is 1. The van der Waals surface area contributed by atoms with Crippen molar-refractivity contribution in [2.45, 2.75) is 32.0 Å². The number of rotatable bonds is 5. The number of aromatic nitrogens is 5. The van der Waals surface area contributed by atoms with Gasteiger partial charge in [0.25, 0.3) is 5.91 Å². The third-order valence-corrected chi connectivity index (χ3v) is 2.87. The highest BCUT2D eigenvalue weighted by molar-refractivity contribution is 5.94. The maximum atomic E-state index is 12.4. The number of aromatic amines is 1. The standard InChI is InChI=1S/C12H13F3N6O/c1-2-3-8(10-18-20-21-19-10)17-11(22)7-4-5-9(16-6-7)12(13,14)15/h4-6,8H,2-3H2,1H3,(H,17,22)(H,18,19,20,21). The average Bonchev–Trinajstić information content (AvgIpc) is 3.00. The van der Waals surface area contributed by atoms with E-state index in [4.69, 9.17) is 0 Å². The molecule has 22 heavy (non-hydrogen) atoms. The number of halogens is 3. The Morgan fingerprint density at radius 1 is 1.41 bits per heavy atom. The molecule has 0 saturated carbocycles. The maximum absolute atomic E-state index is 12.4. The minimum atomic E-state index is -4.54. The van der Waals surface area contributed by atoms with Crippen LogP contribution in [0.15, 0.2) is 18.3 Å². The van der Waals surface area contributed by atoms with Crippen molar-refractivity contribution in [1.82, 2.24) is 30.9 Å². The van der Waals surface area contributed by atoms with Crippen molar-refractivity contribution in [3.05, 3.63) is 35.4 Å². The van der Waals surface area contributed by atoms with Crippen LogP contribution in [0.1, 0.15) is 47.7 Å². The molecule has 0 radical (unpaired) electrons. The van der Waals surface area contributed by atoms with Crippen molar-refractivity contribution in [1.29, 1.82) is 0 Å². The lowest BCUT2D eigenvalue weighted by Crippen LogP contribution is -2.29. The first-order chi connectivity index (χ1) is 10.4. The highest BCUT2D eigenvalue weighted by atomic mass is 19.4. The molecule has 0 saturated heterocycles. The molecule has 2 aromatic rings. The Hall–Kier alpha value is -2.52. The van der Waals surface area contributed by atoms with Crippen molar-refractivity contribution < 1.29 is 18.0 Å². The number of nitrogens with zero attached hydrogens (tertiary/aromatic N) is 4. The molecule has 10 heteroatoms. The molecule has 0 aliphatic carbocycles. The molecular formula is C12H13F3N6O. The van der Waals surface area contributed by atoms with Crippen LogP contribution in [0.3, 0.4) is 0 Å². The fourth-order valence-corrected chi connectivity index (χ4v) is 1.81. The van der Waals surface area contributed by atoms with Crippen molar-refractivity contribution in [2.75, 3.05) is 0 Å². The maximum Gasteiger partial charge on any atom is 0.433 e. The summed E-state index contributed by atoms with van der Waals surface area (Å²) in [6.07, 6.45) is -2.33. The van der Waals surface area contributed by atoms with Gasteiger partial charge in [-0.1, -0.05) is 18.6 Å². The van der Waals surface area contributed by atoms with E-state index >= 15 is 0 Å². The lowest BCUT2D eigenvalue weighted by atomic mass is 10.1. The van der Waals surface area contributed by atoms with E-state index in [9.17, 15) is 18.0 Å². The molecule has 2 rings (SSSR count). The van der Waals surface area contributed by atoms with Gasteiger partial charge >= 0.3 is 6.18 Å². The van der Waals surface area contributed by atoms with Crippen molar-refractivity contribution in [3.8, 4) is 0 Å². The normalized spacial score (nSPS) is 12.9. The quantitative estimate of drug-likeness (QED) is 0.878. The molecular weight excluding hydrogens is 301 g/mol. The van der Waals surface area contributed by atoms with E-state index in [1.54, 1.807) is 0 Å². The van der Waals surface area contributed by atoms with Gasteiger partial charge in [-0.25, -0.2) is 0 Å². The van der Waals surface area contributed by atoms with Crippen LogP contribution in [-0.4, -0.2) is 31.5 Å². The van der Waals surface area contributed by atoms with Crippen molar-refractivity contribution >= 4 is 5.91 Å². The molecule has 0 spiro atoms. The zero-order valence-electron chi connectivity index (χ0n) is 11.6. The third-order valence-electron chi connectivity index (χ3n) is 2.87. The first-order valence-electron chi connectivity index (χ1n) is 6.49. The largest absolute Gasteiger partial charge is 0.433 e. The topological polar surface area (TPSA) is 96.5 Å². The van der Waals surface area contributed by atoms with Crippen molar-refractivity contribution in [2.24, 2.45) is 0 Å². The predicted octanol–water partition coefficient (Wildman–Crippen LogP) is 1.88. The summed E-state index contributed by atoms with van der Waals surface area (Å²) < 4.78 is 37.3. The molecule has 118 valence electrons. The Bertz CT molecular complexity index is 611.